The summed E-state index contributed by atoms with van der Waals surface area (Å²) in [5.74, 6) is -0.439. The molecule has 2 aromatic rings. The molecular formula is C14H15N3O3. The van der Waals surface area contributed by atoms with Crippen molar-refractivity contribution < 1.29 is 4.79 Å². The highest BCUT2D eigenvalue weighted by Crippen LogP contribution is 2.15. The van der Waals surface area contributed by atoms with Crippen LogP contribution in [0.2, 0.25) is 0 Å². The van der Waals surface area contributed by atoms with Crippen molar-refractivity contribution in [1.82, 2.24) is 9.13 Å². The number of hydrogen-bond acceptors (Lipinski definition) is 4. The predicted octanol–water partition coefficient (Wildman–Crippen LogP) is 0.206. The number of carbonyl (C=O) groups excluding carboxylic acids is 1. The van der Waals surface area contributed by atoms with Crippen molar-refractivity contribution in [2.45, 2.75) is 6.92 Å². The van der Waals surface area contributed by atoms with E-state index in [4.69, 9.17) is 5.73 Å². The zero-order chi connectivity index (χ0) is 15.0. The van der Waals surface area contributed by atoms with Gasteiger partial charge in [0.25, 0.3) is 5.56 Å². The van der Waals surface area contributed by atoms with Gasteiger partial charge in [-0.3, -0.25) is 14.2 Å². The van der Waals surface area contributed by atoms with Gasteiger partial charge in [-0.05, 0) is 24.6 Å². The summed E-state index contributed by atoms with van der Waals surface area (Å²) in [6.07, 6.45) is 1.26. The van der Waals surface area contributed by atoms with Crippen LogP contribution >= 0.6 is 0 Å². The second kappa shape index (κ2) is 4.80. The lowest BCUT2D eigenvalue weighted by atomic mass is 10.00. The van der Waals surface area contributed by atoms with Crippen molar-refractivity contribution in [3.05, 3.63) is 61.9 Å². The van der Waals surface area contributed by atoms with Crippen molar-refractivity contribution in [3.63, 3.8) is 0 Å². The van der Waals surface area contributed by atoms with Gasteiger partial charge in [-0.25, -0.2) is 4.79 Å². The molecule has 0 aliphatic heterocycles. The van der Waals surface area contributed by atoms with Gasteiger partial charge in [0.1, 0.15) is 5.56 Å². The van der Waals surface area contributed by atoms with Crippen molar-refractivity contribution >= 4 is 11.5 Å². The van der Waals surface area contributed by atoms with Gasteiger partial charge in [0.2, 0.25) is 0 Å². The quantitative estimate of drug-likeness (QED) is 0.625. The van der Waals surface area contributed by atoms with Crippen molar-refractivity contribution in [2.24, 2.45) is 14.1 Å². The van der Waals surface area contributed by atoms with Crippen molar-refractivity contribution in [1.29, 1.82) is 0 Å². The van der Waals surface area contributed by atoms with Gasteiger partial charge in [-0.15, -0.1) is 0 Å². The molecule has 20 heavy (non-hydrogen) atoms. The maximum absolute atomic E-state index is 12.5. The number of carbonyl (C=O) groups is 1. The van der Waals surface area contributed by atoms with Crippen LogP contribution in [0.3, 0.4) is 0 Å². The molecule has 1 aromatic heterocycles. The number of aromatic nitrogens is 2. The van der Waals surface area contributed by atoms with Gasteiger partial charge in [-0.1, -0.05) is 6.07 Å². The third kappa shape index (κ3) is 2.16. The van der Waals surface area contributed by atoms with E-state index >= 15 is 0 Å². The third-order valence-corrected chi connectivity index (χ3v) is 3.20. The van der Waals surface area contributed by atoms with Crippen LogP contribution in [0.25, 0.3) is 0 Å². The van der Waals surface area contributed by atoms with E-state index in [1.165, 1.54) is 30.9 Å². The van der Waals surface area contributed by atoms with Gasteiger partial charge in [0, 0.05) is 31.5 Å². The molecule has 0 fully saturated rings. The van der Waals surface area contributed by atoms with E-state index in [-0.39, 0.29) is 5.56 Å². The first-order chi connectivity index (χ1) is 9.32. The van der Waals surface area contributed by atoms with Gasteiger partial charge < -0.3 is 10.3 Å². The monoisotopic (exact) mass is 273 g/mol. The highest BCUT2D eigenvalue weighted by Gasteiger charge is 2.18. The molecule has 0 atom stereocenters. The third-order valence-electron chi connectivity index (χ3n) is 3.20. The maximum atomic E-state index is 12.5. The number of hydrogen-bond donors (Lipinski definition) is 1. The van der Waals surface area contributed by atoms with E-state index in [1.807, 2.05) is 0 Å². The van der Waals surface area contributed by atoms with Crippen LogP contribution in [0.5, 0.6) is 0 Å². The number of aryl methyl sites for hydroxylation is 2. The smallest absolute Gasteiger partial charge is 0.330 e. The highest BCUT2D eigenvalue weighted by atomic mass is 16.2. The van der Waals surface area contributed by atoms with Crippen molar-refractivity contribution in [2.75, 3.05) is 5.73 Å². The number of rotatable bonds is 2. The first kappa shape index (κ1) is 13.8. The fraction of sp³-hybridized carbons (Fsp3) is 0.214. The summed E-state index contributed by atoms with van der Waals surface area (Å²) in [6, 6.07) is 4.93. The van der Waals surface area contributed by atoms with Gasteiger partial charge in [0.05, 0.1) is 0 Å². The molecule has 0 saturated heterocycles. The van der Waals surface area contributed by atoms with Crippen LogP contribution in [0, 0.1) is 6.92 Å². The molecule has 0 saturated carbocycles. The average Bonchev–Trinajstić information content (AvgIpc) is 2.42. The van der Waals surface area contributed by atoms with E-state index in [0.29, 0.717) is 11.3 Å². The average molecular weight is 273 g/mol. The molecule has 0 bridgehead atoms. The Bertz CT molecular complexity index is 815. The summed E-state index contributed by atoms with van der Waals surface area (Å²) in [5, 5.41) is 0. The molecular weight excluding hydrogens is 258 g/mol. The fourth-order valence-electron chi connectivity index (χ4n) is 1.99. The SMILES string of the molecule is Cc1ccc(N)cc1C(=O)c1cn(C)c(=O)n(C)c1=O. The largest absolute Gasteiger partial charge is 0.399 e. The number of nitrogens with zero attached hydrogens (tertiary/aromatic N) is 2. The lowest BCUT2D eigenvalue weighted by Crippen LogP contribution is -2.39. The second-order valence-corrected chi connectivity index (χ2v) is 4.70. The Morgan fingerprint density at radius 3 is 2.45 bits per heavy atom. The molecule has 104 valence electrons. The minimum absolute atomic E-state index is 0.0525. The van der Waals surface area contributed by atoms with E-state index in [2.05, 4.69) is 0 Å². The minimum atomic E-state index is -0.611. The Kier molecular flexibility index (Phi) is 3.31. The first-order valence-corrected chi connectivity index (χ1v) is 6.00. The normalized spacial score (nSPS) is 10.6. The van der Waals surface area contributed by atoms with Crippen LogP contribution in [-0.4, -0.2) is 14.9 Å². The summed E-state index contributed by atoms with van der Waals surface area (Å²) in [4.78, 5) is 36.1. The molecule has 6 nitrogen and oxygen atoms in total. The number of nitrogens with two attached hydrogens (primary N) is 1. The van der Waals surface area contributed by atoms with Crippen molar-refractivity contribution in [3.8, 4) is 0 Å². The lowest BCUT2D eigenvalue weighted by Gasteiger charge is -2.08. The van der Waals surface area contributed by atoms with Crippen LogP contribution in [0.15, 0.2) is 34.0 Å². The Labute approximate surface area is 115 Å². The van der Waals surface area contributed by atoms with E-state index in [1.54, 1.807) is 19.1 Å². The summed E-state index contributed by atoms with van der Waals surface area (Å²) in [6.45, 7) is 1.76. The molecule has 0 aliphatic rings. The molecule has 0 unspecified atom stereocenters. The molecule has 1 aromatic carbocycles. The van der Waals surface area contributed by atoms with E-state index in [9.17, 15) is 14.4 Å². The number of benzene rings is 1. The van der Waals surface area contributed by atoms with Crippen LogP contribution < -0.4 is 17.0 Å². The summed E-state index contributed by atoms with van der Waals surface area (Å²) in [5.41, 5.74) is 6.06. The number of ketones is 1. The van der Waals surface area contributed by atoms with E-state index in [0.717, 1.165) is 10.1 Å². The lowest BCUT2D eigenvalue weighted by molar-refractivity contribution is 0.103. The number of nitrogen functional groups attached to an aromatic ring is 1. The predicted molar refractivity (Wildman–Crippen MR) is 75.9 cm³/mol. The molecule has 0 aliphatic carbocycles. The molecule has 0 amide bonds. The topological polar surface area (TPSA) is 87.1 Å². The van der Waals surface area contributed by atoms with Gasteiger partial charge >= 0.3 is 5.69 Å². The Morgan fingerprint density at radius 1 is 1.15 bits per heavy atom. The second-order valence-electron chi connectivity index (χ2n) is 4.70. The van der Waals surface area contributed by atoms with E-state index < -0.39 is 17.0 Å². The Morgan fingerprint density at radius 2 is 1.80 bits per heavy atom. The molecule has 2 rings (SSSR count). The summed E-state index contributed by atoms with van der Waals surface area (Å²) >= 11 is 0. The first-order valence-electron chi connectivity index (χ1n) is 6.00. The zero-order valence-electron chi connectivity index (χ0n) is 11.5. The summed E-state index contributed by atoms with van der Waals surface area (Å²) < 4.78 is 2.12. The van der Waals surface area contributed by atoms with Gasteiger partial charge in [-0.2, -0.15) is 0 Å². The molecule has 0 radical (unpaired) electrons. The molecule has 6 heteroatoms. The van der Waals surface area contributed by atoms with Crippen LogP contribution in [-0.2, 0) is 14.1 Å². The Balaban J connectivity index is 2.69. The summed E-state index contributed by atoms with van der Waals surface area (Å²) in [7, 11) is 2.83. The zero-order valence-corrected chi connectivity index (χ0v) is 11.5. The molecule has 0 spiro atoms. The highest BCUT2D eigenvalue weighted by molar-refractivity contribution is 6.09. The molecule has 2 N–H and O–H groups in total. The number of anilines is 1. The standard InChI is InChI=1S/C14H15N3O3/c1-8-4-5-9(15)6-10(8)12(18)11-7-16(2)14(20)17(3)13(11)19/h4-7H,15H2,1-3H3. The molecule has 1 heterocycles. The fourth-order valence-corrected chi connectivity index (χ4v) is 1.99. The maximum Gasteiger partial charge on any atom is 0.330 e. The van der Waals surface area contributed by atoms with Gasteiger partial charge in [0.15, 0.2) is 5.78 Å². The van der Waals surface area contributed by atoms with Crippen LogP contribution in [0.4, 0.5) is 5.69 Å². The minimum Gasteiger partial charge on any atom is -0.399 e. The van der Waals surface area contributed by atoms with Crippen LogP contribution in [0.1, 0.15) is 21.5 Å². The Hall–Kier alpha value is -2.63.